The highest BCUT2D eigenvalue weighted by molar-refractivity contribution is 5.98. The van der Waals surface area contributed by atoms with Gasteiger partial charge in [-0.1, -0.05) is 13.3 Å². The number of aromatic nitrogens is 1. The Morgan fingerprint density at radius 3 is 2.86 bits per heavy atom. The van der Waals surface area contributed by atoms with Crippen molar-refractivity contribution in [2.75, 3.05) is 19.5 Å². The van der Waals surface area contributed by atoms with Crippen LogP contribution in [0.1, 0.15) is 41.6 Å². The molecule has 0 saturated heterocycles. The van der Waals surface area contributed by atoms with Crippen LogP contribution in [0.3, 0.4) is 0 Å². The second-order valence-corrected chi connectivity index (χ2v) is 6.47. The summed E-state index contributed by atoms with van der Waals surface area (Å²) in [4.78, 5) is 16.6. The molecule has 3 rings (SSSR count). The third kappa shape index (κ3) is 4.80. The second-order valence-electron chi connectivity index (χ2n) is 6.47. The number of pyridine rings is 1. The SMILES string of the molecule is CCCCOc1ccc2cc(CNC(=O)c3ccc(COC)nc3N)oc2c1. The molecule has 0 radical (unpaired) electrons. The van der Waals surface area contributed by atoms with Gasteiger partial charge in [0.2, 0.25) is 0 Å². The quantitative estimate of drug-likeness (QED) is 0.547. The summed E-state index contributed by atoms with van der Waals surface area (Å²) >= 11 is 0. The van der Waals surface area contributed by atoms with E-state index in [4.69, 9.17) is 19.6 Å². The molecule has 0 atom stereocenters. The maximum Gasteiger partial charge on any atom is 0.255 e. The fourth-order valence-corrected chi connectivity index (χ4v) is 2.78. The third-order valence-electron chi connectivity index (χ3n) is 4.25. The van der Waals surface area contributed by atoms with Gasteiger partial charge in [-0.15, -0.1) is 0 Å². The summed E-state index contributed by atoms with van der Waals surface area (Å²) in [6, 6.07) is 11.0. The van der Waals surface area contributed by atoms with E-state index in [2.05, 4.69) is 17.2 Å². The van der Waals surface area contributed by atoms with E-state index in [1.807, 2.05) is 24.3 Å². The number of unbranched alkanes of at least 4 members (excludes halogenated alkanes) is 1. The molecule has 148 valence electrons. The number of hydrogen-bond donors (Lipinski definition) is 2. The molecule has 0 spiro atoms. The van der Waals surface area contributed by atoms with Gasteiger partial charge in [0.05, 0.1) is 31.0 Å². The van der Waals surface area contributed by atoms with E-state index in [1.165, 1.54) is 0 Å². The monoisotopic (exact) mass is 383 g/mol. The van der Waals surface area contributed by atoms with Crippen LogP contribution in [0.2, 0.25) is 0 Å². The average Bonchev–Trinajstić information content (AvgIpc) is 3.09. The van der Waals surface area contributed by atoms with E-state index in [0.29, 0.717) is 30.2 Å². The van der Waals surface area contributed by atoms with Crippen molar-refractivity contribution in [3.8, 4) is 5.75 Å². The van der Waals surface area contributed by atoms with E-state index in [0.717, 1.165) is 29.6 Å². The summed E-state index contributed by atoms with van der Waals surface area (Å²) in [5, 5.41) is 3.77. The summed E-state index contributed by atoms with van der Waals surface area (Å²) < 4.78 is 16.5. The third-order valence-corrected chi connectivity index (χ3v) is 4.25. The molecule has 7 nitrogen and oxygen atoms in total. The predicted molar refractivity (Wildman–Crippen MR) is 107 cm³/mol. The van der Waals surface area contributed by atoms with Crippen LogP contribution < -0.4 is 15.8 Å². The molecule has 3 aromatic rings. The lowest BCUT2D eigenvalue weighted by Crippen LogP contribution is -2.24. The van der Waals surface area contributed by atoms with Crippen molar-refractivity contribution in [2.45, 2.75) is 32.9 Å². The zero-order chi connectivity index (χ0) is 19.9. The Labute approximate surface area is 163 Å². The Morgan fingerprint density at radius 2 is 2.11 bits per heavy atom. The normalized spacial score (nSPS) is 10.9. The zero-order valence-electron chi connectivity index (χ0n) is 16.2. The van der Waals surface area contributed by atoms with E-state index < -0.39 is 0 Å². The molecule has 1 amide bonds. The van der Waals surface area contributed by atoms with Gasteiger partial charge >= 0.3 is 0 Å². The lowest BCUT2D eigenvalue weighted by Gasteiger charge is -2.07. The largest absolute Gasteiger partial charge is 0.493 e. The minimum atomic E-state index is -0.307. The molecule has 0 aliphatic rings. The van der Waals surface area contributed by atoms with Gasteiger partial charge in [-0.3, -0.25) is 4.79 Å². The minimum absolute atomic E-state index is 0.172. The molecule has 2 aromatic heterocycles. The molecule has 1 aromatic carbocycles. The van der Waals surface area contributed by atoms with Crippen LogP contribution in [0.5, 0.6) is 5.75 Å². The lowest BCUT2D eigenvalue weighted by atomic mass is 10.2. The maximum absolute atomic E-state index is 12.4. The van der Waals surface area contributed by atoms with Crippen LogP contribution in [0.4, 0.5) is 5.82 Å². The van der Waals surface area contributed by atoms with E-state index in [-0.39, 0.29) is 18.3 Å². The molecule has 0 fully saturated rings. The van der Waals surface area contributed by atoms with Gasteiger partial charge in [0.15, 0.2) is 0 Å². The number of nitrogens with one attached hydrogen (secondary N) is 1. The molecule has 0 bridgehead atoms. The van der Waals surface area contributed by atoms with Gasteiger partial charge < -0.3 is 24.9 Å². The number of nitrogens with two attached hydrogens (primary N) is 1. The van der Waals surface area contributed by atoms with Crippen LogP contribution in [0, 0.1) is 0 Å². The Morgan fingerprint density at radius 1 is 1.25 bits per heavy atom. The highest BCUT2D eigenvalue weighted by Crippen LogP contribution is 2.24. The lowest BCUT2D eigenvalue weighted by molar-refractivity contribution is 0.0948. The number of carbonyl (C=O) groups is 1. The molecule has 2 heterocycles. The molecule has 0 unspecified atom stereocenters. The highest BCUT2D eigenvalue weighted by atomic mass is 16.5. The van der Waals surface area contributed by atoms with E-state index in [1.54, 1.807) is 19.2 Å². The van der Waals surface area contributed by atoms with E-state index in [9.17, 15) is 4.79 Å². The number of anilines is 1. The van der Waals surface area contributed by atoms with Crippen LogP contribution in [0.15, 0.2) is 40.8 Å². The number of methoxy groups -OCH3 is 1. The first-order valence-electron chi connectivity index (χ1n) is 9.28. The van der Waals surface area contributed by atoms with Gasteiger partial charge in [-0.05, 0) is 36.8 Å². The van der Waals surface area contributed by atoms with Crippen molar-refractivity contribution in [3.05, 3.63) is 53.4 Å². The number of benzene rings is 1. The predicted octanol–water partition coefficient (Wildman–Crippen LogP) is 3.67. The Kier molecular flexibility index (Phi) is 6.49. The summed E-state index contributed by atoms with van der Waals surface area (Å²) in [6.07, 6.45) is 2.10. The van der Waals surface area contributed by atoms with Gasteiger partial charge in [-0.25, -0.2) is 4.98 Å². The van der Waals surface area contributed by atoms with E-state index >= 15 is 0 Å². The van der Waals surface area contributed by atoms with Crippen LogP contribution in [-0.2, 0) is 17.9 Å². The molecular formula is C21H25N3O4. The summed E-state index contributed by atoms with van der Waals surface area (Å²) in [5.41, 5.74) is 7.60. The zero-order valence-corrected chi connectivity index (χ0v) is 16.2. The number of carbonyl (C=O) groups excluding carboxylic acids is 1. The topological polar surface area (TPSA) is 99.6 Å². The standard InChI is InChI=1S/C21H25N3O4/c1-3-4-9-27-16-7-5-14-10-17(28-19(14)11-16)12-23-21(25)18-8-6-15(13-26-2)24-20(18)22/h5-8,10-11H,3-4,9,12-13H2,1-2H3,(H2,22,24)(H,23,25). The van der Waals surface area contributed by atoms with Crippen LogP contribution in [0.25, 0.3) is 11.0 Å². The smallest absolute Gasteiger partial charge is 0.255 e. The van der Waals surface area contributed by atoms with Crippen LogP contribution >= 0.6 is 0 Å². The molecular weight excluding hydrogens is 358 g/mol. The number of furan rings is 1. The molecule has 7 heteroatoms. The van der Waals surface area contributed by atoms with Crippen molar-refractivity contribution >= 4 is 22.7 Å². The van der Waals surface area contributed by atoms with Crippen molar-refractivity contribution in [1.29, 1.82) is 0 Å². The number of amides is 1. The maximum atomic E-state index is 12.4. The Bertz CT molecular complexity index is 952. The van der Waals surface area contributed by atoms with Crippen molar-refractivity contribution in [2.24, 2.45) is 0 Å². The number of nitrogens with zero attached hydrogens (tertiary/aromatic N) is 1. The van der Waals surface area contributed by atoms with Gasteiger partial charge in [0, 0.05) is 18.6 Å². The summed E-state index contributed by atoms with van der Waals surface area (Å²) in [6.45, 7) is 3.40. The first-order chi connectivity index (χ1) is 13.6. The molecule has 28 heavy (non-hydrogen) atoms. The van der Waals surface area contributed by atoms with Crippen molar-refractivity contribution < 1.29 is 18.7 Å². The number of fused-ring (bicyclic) bond motifs is 1. The van der Waals surface area contributed by atoms with Gasteiger partial charge in [-0.2, -0.15) is 0 Å². The van der Waals surface area contributed by atoms with Gasteiger partial charge in [0.25, 0.3) is 5.91 Å². The Hall–Kier alpha value is -3.06. The van der Waals surface area contributed by atoms with Crippen molar-refractivity contribution in [3.63, 3.8) is 0 Å². The first kappa shape index (κ1) is 19.7. The summed E-state index contributed by atoms with van der Waals surface area (Å²) in [5.74, 6) is 1.29. The molecule has 0 saturated carbocycles. The number of hydrogen-bond acceptors (Lipinski definition) is 6. The fourth-order valence-electron chi connectivity index (χ4n) is 2.78. The summed E-state index contributed by atoms with van der Waals surface area (Å²) in [7, 11) is 1.58. The van der Waals surface area contributed by atoms with Crippen molar-refractivity contribution in [1.82, 2.24) is 10.3 Å². The molecule has 0 aliphatic carbocycles. The first-order valence-corrected chi connectivity index (χ1v) is 9.28. The highest BCUT2D eigenvalue weighted by Gasteiger charge is 2.13. The number of nitrogen functional groups attached to an aromatic ring is 1. The Balaban J connectivity index is 1.63. The average molecular weight is 383 g/mol. The molecule has 0 aliphatic heterocycles. The number of ether oxygens (including phenoxy) is 2. The van der Waals surface area contributed by atoms with Crippen LogP contribution in [-0.4, -0.2) is 24.6 Å². The fraction of sp³-hybridized carbons (Fsp3) is 0.333. The van der Waals surface area contributed by atoms with Gasteiger partial charge in [0.1, 0.15) is 22.9 Å². The molecule has 3 N–H and O–H groups in total. The number of rotatable bonds is 9. The second kappa shape index (κ2) is 9.23. The minimum Gasteiger partial charge on any atom is -0.493 e.